The van der Waals surface area contributed by atoms with Crippen LogP contribution >= 0.6 is 0 Å². The first-order valence-corrected chi connectivity index (χ1v) is 11.3. The maximum Gasteiger partial charge on any atom is 0.249 e. The van der Waals surface area contributed by atoms with Crippen LogP contribution in [0.3, 0.4) is 0 Å². The highest BCUT2D eigenvalue weighted by atomic mass is 16.5. The first-order chi connectivity index (χ1) is 14.8. The lowest BCUT2D eigenvalue weighted by molar-refractivity contribution is -0.151. The Balaban J connectivity index is 1.84. The highest BCUT2D eigenvalue weighted by molar-refractivity contribution is 6.00. The lowest BCUT2D eigenvalue weighted by atomic mass is 9.77. The van der Waals surface area contributed by atoms with Crippen LogP contribution in [-0.4, -0.2) is 93.6 Å². The molecule has 8 nitrogen and oxygen atoms in total. The first-order valence-electron chi connectivity index (χ1n) is 11.3. The highest BCUT2D eigenvalue weighted by Crippen LogP contribution is 2.53. The normalized spacial score (nSPS) is 35.9. The van der Waals surface area contributed by atoms with Gasteiger partial charge in [-0.25, -0.2) is 0 Å². The van der Waals surface area contributed by atoms with E-state index >= 15 is 0 Å². The average Bonchev–Trinajstić information content (AvgIpc) is 3.06. The Morgan fingerprint density at radius 2 is 1.87 bits per heavy atom. The fourth-order valence-electron chi connectivity index (χ4n) is 5.64. The molecule has 31 heavy (non-hydrogen) atoms. The SMILES string of the molecule is CCCN1CC=C[C@@H]2O[C@]34C=CCN(C(C)C)C(=O)C3N([C@H](C)CO)C(=O)[C@@H]4[C@@H]2C1=O. The first kappa shape index (κ1) is 22.0. The molecule has 1 spiro atoms. The molecule has 1 N–H and O–H groups in total. The van der Waals surface area contributed by atoms with Crippen LogP contribution in [0, 0.1) is 11.8 Å². The zero-order valence-electron chi connectivity index (χ0n) is 18.7. The second-order valence-corrected chi connectivity index (χ2v) is 9.32. The maximum atomic E-state index is 13.8. The molecule has 4 aliphatic heterocycles. The predicted octanol–water partition coefficient (Wildman–Crippen LogP) is 0.563. The summed E-state index contributed by atoms with van der Waals surface area (Å²) in [6.45, 7) is 8.86. The predicted molar refractivity (Wildman–Crippen MR) is 114 cm³/mol. The minimum absolute atomic E-state index is 0.0545. The number of rotatable bonds is 5. The van der Waals surface area contributed by atoms with E-state index in [-0.39, 0.29) is 30.4 Å². The van der Waals surface area contributed by atoms with Gasteiger partial charge in [0.15, 0.2) is 0 Å². The van der Waals surface area contributed by atoms with E-state index < -0.39 is 35.6 Å². The summed E-state index contributed by atoms with van der Waals surface area (Å²) in [5, 5.41) is 9.87. The van der Waals surface area contributed by atoms with Gasteiger partial charge in [-0.05, 0) is 27.2 Å². The molecule has 0 bridgehead atoms. The maximum absolute atomic E-state index is 13.8. The topological polar surface area (TPSA) is 90.4 Å². The summed E-state index contributed by atoms with van der Waals surface area (Å²) in [6.07, 6.45) is 7.78. The standard InChI is InChI=1S/C23H33N3O5/c1-5-10-24-11-6-8-16-17(20(24)28)18-21(29)26(15(4)13-27)19-22(30)25(14(2)3)12-7-9-23(18,19)31-16/h6-9,14-19,27H,5,10-13H2,1-4H3/t15-,16+,17-,18+,19?,23+/m1/s1. The largest absolute Gasteiger partial charge is 0.394 e. The van der Waals surface area contributed by atoms with Crippen LogP contribution in [-0.2, 0) is 19.1 Å². The van der Waals surface area contributed by atoms with Crippen LogP contribution in [0.25, 0.3) is 0 Å². The molecule has 1 unspecified atom stereocenters. The Kier molecular flexibility index (Phi) is 5.72. The van der Waals surface area contributed by atoms with Crippen LogP contribution in [0.5, 0.6) is 0 Å². The zero-order valence-corrected chi connectivity index (χ0v) is 18.7. The van der Waals surface area contributed by atoms with Gasteiger partial charge in [0, 0.05) is 25.7 Å². The van der Waals surface area contributed by atoms with Crippen molar-refractivity contribution in [1.82, 2.24) is 14.7 Å². The molecular formula is C23H33N3O5. The summed E-state index contributed by atoms with van der Waals surface area (Å²) in [5.41, 5.74) is -1.22. The summed E-state index contributed by atoms with van der Waals surface area (Å²) in [5.74, 6) is -2.06. The van der Waals surface area contributed by atoms with Gasteiger partial charge < -0.3 is 24.5 Å². The molecule has 2 fully saturated rings. The molecule has 0 radical (unpaired) electrons. The molecule has 4 rings (SSSR count). The molecule has 0 aromatic rings. The van der Waals surface area contributed by atoms with Crippen LogP contribution in [0.4, 0.5) is 0 Å². The van der Waals surface area contributed by atoms with Crippen molar-refractivity contribution in [3.8, 4) is 0 Å². The Bertz CT molecular complexity index is 824. The van der Waals surface area contributed by atoms with E-state index in [1.54, 1.807) is 16.7 Å². The van der Waals surface area contributed by atoms with E-state index in [2.05, 4.69) is 0 Å². The van der Waals surface area contributed by atoms with Crippen molar-refractivity contribution in [2.45, 2.75) is 63.9 Å². The summed E-state index contributed by atoms with van der Waals surface area (Å²) in [6, 6.07) is -1.52. The van der Waals surface area contributed by atoms with E-state index in [1.165, 1.54) is 4.90 Å². The number of hydrogen-bond donors (Lipinski definition) is 1. The second-order valence-electron chi connectivity index (χ2n) is 9.32. The molecule has 0 aliphatic carbocycles. The van der Waals surface area contributed by atoms with Gasteiger partial charge in [-0.1, -0.05) is 31.2 Å². The summed E-state index contributed by atoms with van der Waals surface area (Å²) in [4.78, 5) is 46.0. The molecule has 170 valence electrons. The molecule has 4 aliphatic rings. The minimum atomic E-state index is -1.22. The van der Waals surface area contributed by atoms with E-state index in [9.17, 15) is 19.5 Å². The molecule has 6 atom stereocenters. The van der Waals surface area contributed by atoms with Crippen LogP contribution in [0.15, 0.2) is 24.3 Å². The fourth-order valence-corrected chi connectivity index (χ4v) is 5.64. The van der Waals surface area contributed by atoms with Gasteiger partial charge in [-0.2, -0.15) is 0 Å². The van der Waals surface area contributed by atoms with E-state index in [4.69, 9.17) is 4.74 Å². The number of hydrogen-bond acceptors (Lipinski definition) is 5. The monoisotopic (exact) mass is 431 g/mol. The summed E-state index contributed by atoms with van der Waals surface area (Å²) >= 11 is 0. The molecule has 0 aromatic carbocycles. The van der Waals surface area contributed by atoms with Gasteiger partial charge in [0.25, 0.3) is 0 Å². The summed E-state index contributed by atoms with van der Waals surface area (Å²) in [7, 11) is 0. The average molecular weight is 432 g/mol. The van der Waals surface area contributed by atoms with Gasteiger partial charge in [-0.15, -0.1) is 0 Å². The van der Waals surface area contributed by atoms with Gasteiger partial charge in [0.1, 0.15) is 11.6 Å². The molecule has 0 aromatic heterocycles. The number of aliphatic hydroxyl groups is 1. The van der Waals surface area contributed by atoms with Crippen molar-refractivity contribution >= 4 is 17.7 Å². The van der Waals surface area contributed by atoms with Crippen LogP contribution in [0.1, 0.15) is 34.1 Å². The van der Waals surface area contributed by atoms with E-state index in [0.717, 1.165) is 6.42 Å². The number of nitrogens with zero attached hydrogens (tertiary/aromatic N) is 3. The van der Waals surface area contributed by atoms with Crippen molar-refractivity contribution in [2.75, 3.05) is 26.2 Å². The number of amides is 3. The minimum Gasteiger partial charge on any atom is -0.394 e. The number of carbonyl (C=O) groups excluding carboxylic acids is 3. The van der Waals surface area contributed by atoms with E-state index in [0.29, 0.717) is 19.6 Å². The van der Waals surface area contributed by atoms with Crippen molar-refractivity contribution in [2.24, 2.45) is 11.8 Å². The van der Waals surface area contributed by atoms with Gasteiger partial charge in [-0.3, -0.25) is 14.4 Å². The molecule has 0 saturated carbocycles. The number of aliphatic hydroxyl groups excluding tert-OH is 1. The van der Waals surface area contributed by atoms with E-state index in [1.807, 2.05) is 45.1 Å². The van der Waals surface area contributed by atoms with Crippen molar-refractivity contribution < 1.29 is 24.2 Å². The molecule has 2 saturated heterocycles. The van der Waals surface area contributed by atoms with Crippen molar-refractivity contribution in [3.63, 3.8) is 0 Å². The quantitative estimate of drug-likeness (QED) is 0.643. The second kappa shape index (κ2) is 8.06. The lowest BCUT2D eigenvalue weighted by Crippen LogP contribution is -2.58. The van der Waals surface area contributed by atoms with Crippen molar-refractivity contribution in [1.29, 1.82) is 0 Å². The zero-order chi connectivity index (χ0) is 22.5. The van der Waals surface area contributed by atoms with Crippen molar-refractivity contribution in [3.05, 3.63) is 24.3 Å². The Hall–Kier alpha value is -2.19. The number of ether oxygens (including phenoxy) is 1. The molecule has 3 amide bonds. The Morgan fingerprint density at radius 1 is 1.13 bits per heavy atom. The third-order valence-electron chi connectivity index (χ3n) is 7.07. The number of carbonyl (C=O) groups is 3. The Morgan fingerprint density at radius 3 is 2.52 bits per heavy atom. The molecule has 4 heterocycles. The van der Waals surface area contributed by atoms with Gasteiger partial charge in [0.2, 0.25) is 17.7 Å². The van der Waals surface area contributed by atoms with Crippen LogP contribution < -0.4 is 0 Å². The fraction of sp³-hybridized carbons (Fsp3) is 0.696. The van der Waals surface area contributed by atoms with Crippen LogP contribution in [0.2, 0.25) is 0 Å². The van der Waals surface area contributed by atoms with Gasteiger partial charge in [0.05, 0.1) is 30.6 Å². The Labute approximate surface area is 183 Å². The smallest absolute Gasteiger partial charge is 0.249 e. The molecular weight excluding hydrogens is 398 g/mol. The lowest BCUT2D eigenvalue weighted by Gasteiger charge is -2.38. The van der Waals surface area contributed by atoms with Gasteiger partial charge >= 0.3 is 0 Å². The third-order valence-corrected chi connectivity index (χ3v) is 7.07. The number of fused-ring (bicyclic) bond motifs is 2. The number of likely N-dealkylation sites (tertiary alicyclic amines) is 1. The highest BCUT2D eigenvalue weighted by Gasteiger charge is 2.72. The summed E-state index contributed by atoms with van der Waals surface area (Å²) < 4.78 is 6.52. The third kappa shape index (κ3) is 3.14. The molecule has 8 heteroatoms.